The maximum absolute atomic E-state index is 11.9. The Kier molecular flexibility index (Phi) is 5.49. The van der Waals surface area contributed by atoms with E-state index in [-0.39, 0.29) is 29.1 Å². The smallest absolute Gasteiger partial charge is 0.211 e. The maximum atomic E-state index is 11.9. The van der Waals surface area contributed by atoms with Gasteiger partial charge in [0.1, 0.15) is 5.78 Å². The molecule has 4 nitrogen and oxygen atoms in total. The summed E-state index contributed by atoms with van der Waals surface area (Å²) in [5, 5.41) is 10.8. The van der Waals surface area contributed by atoms with Crippen molar-refractivity contribution in [3.8, 4) is 0 Å². The predicted molar refractivity (Wildman–Crippen MR) is 70.1 cm³/mol. The second-order valence-electron chi connectivity index (χ2n) is 4.54. The molecule has 0 bridgehead atoms. The monoisotopic (exact) mass is 249 g/mol. The molecule has 0 amide bonds. The van der Waals surface area contributed by atoms with Crippen molar-refractivity contribution in [1.29, 1.82) is 0 Å². The first-order chi connectivity index (χ1) is 8.56. The molecule has 0 heterocycles. The van der Waals surface area contributed by atoms with Crippen LogP contribution in [-0.4, -0.2) is 17.3 Å². The molecule has 2 atom stereocenters. The summed E-state index contributed by atoms with van der Waals surface area (Å²) < 4.78 is 0. The van der Waals surface area contributed by atoms with Crippen LogP contribution in [0.2, 0.25) is 0 Å². The summed E-state index contributed by atoms with van der Waals surface area (Å²) in [6.45, 7) is 3.54. The van der Waals surface area contributed by atoms with E-state index in [1.165, 1.54) is 0 Å². The summed E-state index contributed by atoms with van der Waals surface area (Å²) >= 11 is 0. The van der Waals surface area contributed by atoms with E-state index in [2.05, 4.69) is 0 Å². The Balaban J connectivity index is 2.91. The molecule has 1 aromatic rings. The van der Waals surface area contributed by atoms with Gasteiger partial charge in [0.25, 0.3) is 0 Å². The molecular formula is C14H19NO3. The summed E-state index contributed by atoms with van der Waals surface area (Å²) in [4.78, 5) is 22.3. The molecule has 0 saturated carbocycles. The molecule has 0 spiro atoms. The lowest BCUT2D eigenvalue weighted by Crippen LogP contribution is -2.25. The number of benzene rings is 1. The van der Waals surface area contributed by atoms with Gasteiger partial charge in [-0.05, 0) is 12.0 Å². The summed E-state index contributed by atoms with van der Waals surface area (Å²) in [5.74, 6) is -0.536. The molecule has 0 aliphatic heterocycles. The van der Waals surface area contributed by atoms with Gasteiger partial charge in [0.15, 0.2) is 0 Å². The molecule has 0 unspecified atom stereocenters. The third kappa shape index (κ3) is 3.95. The van der Waals surface area contributed by atoms with Gasteiger partial charge in [0.2, 0.25) is 6.54 Å². The lowest BCUT2D eigenvalue weighted by atomic mass is 9.83. The van der Waals surface area contributed by atoms with Gasteiger partial charge in [-0.2, -0.15) is 0 Å². The van der Waals surface area contributed by atoms with E-state index in [1.807, 2.05) is 37.3 Å². The van der Waals surface area contributed by atoms with E-state index in [0.29, 0.717) is 6.42 Å². The molecule has 0 aromatic heterocycles. The first-order valence-corrected chi connectivity index (χ1v) is 6.25. The number of ketones is 1. The van der Waals surface area contributed by atoms with E-state index in [4.69, 9.17) is 0 Å². The van der Waals surface area contributed by atoms with Crippen LogP contribution in [0.4, 0.5) is 0 Å². The van der Waals surface area contributed by atoms with Crippen LogP contribution in [0.15, 0.2) is 30.3 Å². The summed E-state index contributed by atoms with van der Waals surface area (Å²) in [5.41, 5.74) is 0.867. The number of carbonyl (C=O) groups is 1. The lowest BCUT2D eigenvalue weighted by Gasteiger charge is -2.19. The van der Waals surface area contributed by atoms with Crippen molar-refractivity contribution in [2.24, 2.45) is 5.92 Å². The van der Waals surface area contributed by atoms with E-state index >= 15 is 0 Å². The first kappa shape index (κ1) is 14.4. The van der Waals surface area contributed by atoms with Gasteiger partial charge in [-0.3, -0.25) is 14.9 Å². The molecule has 0 saturated heterocycles. The minimum atomic E-state index is -0.340. The summed E-state index contributed by atoms with van der Waals surface area (Å²) in [6.07, 6.45) is 1.27. The summed E-state index contributed by atoms with van der Waals surface area (Å²) in [6, 6.07) is 9.26. The second-order valence-corrected chi connectivity index (χ2v) is 4.54. The van der Waals surface area contributed by atoms with Crippen LogP contribution in [-0.2, 0) is 4.79 Å². The highest BCUT2D eigenvalue weighted by atomic mass is 16.6. The fourth-order valence-corrected chi connectivity index (χ4v) is 2.11. The van der Waals surface area contributed by atoms with E-state index in [1.54, 1.807) is 6.92 Å². The van der Waals surface area contributed by atoms with Gasteiger partial charge in [-0.15, -0.1) is 0 Å². The van der Waals surface area contributed by atoms with Crippen LogP contribution >= 0.6 is 0 Å². The van der Waals surface area contributed by atoms with Crippen molar-refractivity contribution in [2.45, 2.75) is 32.6 Å². The SMILES string of the molecule is CCCC(=O)[C@@H](C)[C@H](C[N+](=O)[O-])c1ccccc1. The quantitative estimate of drug-likeness (QED) is 0.551. The number of rotatable bonds is 7. The number of nitrogens with zero attached hydrogens (tertiary/aromatic N) is 1. The molecule has 1 rings (SSSR count). The zero-order valence-electron chi connectivity index (χ0n) is 10.8. The average molecular weight is 249 g/mol. The van der Waals surface area contributed by atoms with Crippen LogP contribution in [0, 0.1) is 16.0 Å². The Labute approximate surface area is 107 Å². The number of hydrogen-bond acceptors (Lipinski definition) is 3. The maximum Gasteiger partial charge on any atom is 0.211 e. The largest absolute Gasteiger partial charge is 0.299 e. The van der Waals surface area contributed by atoms with E-state index in [9.17, 15) is 14.9 Å². The van der Waals surface area contributed by atoms with Crippen molar-refractivity contribution in [2.75, 3.05) is 6.54 Å². The Bertz CT molecular complexity index is 403. The molecule has 98 valence electrons. The minimum Gasteiger partial charge on any atom is -0.299 e. The van der Waals surface area contributed by atoms with E-state index in [0.717, 1.165) is 12.0 Å². The first-order valence-electron chi connectivity index (χ1n) is 6.25. The van der Waals surface area contributed by atoms with Crippen LogP contribution in [0.1, 0.15) is 38.2 Å². The highest BCUT2D eigenvalue weighted by molar-refractivity contribution is 5.81. The van der Waals surface area contributed by atoms with Crippen LogP contribution in [0.3, 0.4) is 0 Å². The van der Waals surface area contributed by atoms with Crippen LogP contribution in [0.25, 0.3) is 0 Å². The normalized spacial score (nSPS) is 13.9. The van der Waals surface area contributed by atoms with Crippen molar-refractivity contribution < 1.29 is 9.72 Å². The summed E-state index contributed by atoms with van der Waals surface area (Å²) in [7, 11) is 0. The standard InChI is InChI=1S/C14H19NO3/c1-3-7-14(16)11(2)13(10-15(17)18)12-8-5-4-6-9-12/h4-6,8-9,11,13H,3,7,10H2,1-2H3/t11-,13-/m0/s1. The molecule has 0 aliphatic carbocycles. The molecule has 0 aliphatic rings. The Hall–Kier alpha value is -1.71. The fourth-order valence-electron chi connectivity index (χ4n) is 2.11. The topological polar surface area (TPSA) is 60.2 Å². The Morgan fingerprint density at radius 1 is 1.33 bits per heavy atom. The average Bonchev–Trinajstić information content (AvgIpc) is 2.36. The molecular weight excluding hydrogens is 230 g/mol. The van der Waals surface area contributed by atoms with Crippen molar-refractivity contribution >= 4 is 5.78 Å². The van der Waals surface area contributed by atoms with Gasteiger partial charge in [0.05, 0.1) is 5.92 Å². The molecule has 0 N–H and O–H groups in total. The molecule has 0 fully saturated rings. The third-order valence-corrected chi connectivity index (χ3v) is 3.18. The second kappa shape index (κ2) is 6.89. The third-order valence-electron chi connectivity index (χ3n) is 3.18. The van der Waals surface area contributed by atoms with Gasteiger partial charge in [0, 0.05) is 17.3 Å². The fraction of sp³-hybridized carbons (Fsp3) is 0.500. The lowest BCUT2D eigenvalue weighted by molar-refractivity contribution is -0.484. The number of nitro groups is 1. The van der Waals surface area contributed by atoms with E-state index < -0.39 is 0 Å². The number of Topliss-reactive ketones (excluding diaryl/α,β-unsaturated/α-hetero) is 1. The van der Waals surface area contributed by atoms with Crippen LogP contribution < -0.4 is 0 Å². The number of carbonyl (C=O) groups excluding carboxylic acids is 1. The van der Waals surface area contributed by atoms with Crippen molar-refractivity contribution in [3.63, 3.8) is 0 Å². The molecule has 18 heavy (non-hydrogen) atoms. The highest BCUT2D eigenvalue weighted by Gasteiger charge is 2.28. The Morgan fingerprint density at radius 2 is 1.94 bits per heavy atom. The highest BCUT2D eigenvalue weighted by Crippen LogP contribution is 2.26. The van der Waals surface area contributed by atoms with Crippen LogP contribution in [0.5, 0.6) is 0 Å². The number of hydrogen-bond donors (Lipinski definition) is 0. The predicted octanol–water partition coefficient (Wildman–Crippen LogP) is 3.05. The molecule has 4 heteroatoms. The molecule has 0 radical (unpaired) electrons. The zero-order chi connectivity index (χ0) is 13.5. The molecule has 1 aromatic carbocycles. The Morgan fingerprint density at radius 3 is 2.44 bits per heavy atom. The minimum absolute atomic E-state index is 0.105. The zero-order valence-corrected chi connectivity index (χ0v) is 10.8. The van der Waals surface area contributed by atoms with Gasteiger partial charge >= 0.3 is 0 Å². The van der Waals surface area contributed by atoms with Gasteiger partial charge in [-0.1, -0.05) is 44.2 Å². The van der Waals surface area contributed by atoms with Gasteiger partial charge < -0.3 is 0 Å². The van der Waals surface area contributed by atoms with Crippen molar-refractivity contribution in [3.05, 3.63) is 46.0 Å². The van der Waals surface area contributed by atoms with Gasteiger partial charge in [-0.25, -0.2) is 0 Å². The van der Waals surface area contributed by atoms with Crippen molar-refractivity contribution in [1.82, 2.24) is 0 Å².